The second-order valence-electron chi connectivity index (χ2n) is 6.68. The van der Waals surface area contributed by atoms with Crippen molar-refractivity contribution in [3.8, 4) is 0 Å². The zero-order valence-corrected chi connectivity index (χ0v) is 12.9. The Kier molecular flexibility index (Phi) is 6.11. The fraction of sp³-hybridized carbons (Fsp3) is 1.00. The number of ether oxygens (including phenoxy) is 1. The van der Waals surface area contributed by atoms with Crippen LogP contribution in [0, 0.1) is 5.41 Å². The van der Waals surface area contributed by atoms with Gasteiger partial charge in [-0.15, -0.1) is 0 Å². The smallest absolute Gasteiger partial charge is 0.0698 e. The van der Waals surface area contributed by atoms with Gasteiger partial charge in [-0.05, 0) is 44.7 Å². The molecule has 3 heteroatoms. The van der Waals surface area contributed by atoms with Crippen molar-refractivity contribution in [1.29, 1.82) is 0 Å². The molecule has 0 amide bonds. The summed E-state index contributed by atoms with van der Waals surface area (Å²) in [6, 6.07) is 0. The highest BCUT2D eigenvalue weighted by Gasteiger charge is 2.33. The monoisotopic (exact) mass is 268 g/mol. The van der Waals surface area contributed by atoms with Crippen LogP contribution >= 0.6 is 0 Å². The number of hydrogen-bond donors (Lipinski definition) is 1. The van der Waals surface area contributed by atoms with Gasteiger partial charge in [0.1, 0.15) is 0 Å². The summed E-state index contributed by atoms with van der Waals surface area (Å²) < 4.78 is 5.57. The SMILES string of the molecule is CNCC1(CN2CCCC(OC)C2)CCCCCC1. The number of likely N-dealkylation sites (tertiary alicyclic amines) is 1. The normalized spacial score (nSPS) is 29.1. The maximum absolute atomic E-state index is 5.57. The second-order valence-corrected chi connectivity index (χ2v) is 6.68. The summed E-state index contributed by atoms with van der Waals surface area (Å²) in [6.45, 7) is 4.86. The van der Waals surface area contributed by atoms with Crippen molar-refractivity contribution >= 4 is 0 Å². The minimum absolute atomic E-state index is 0.464. The predicted molar refractivity (Wildman–Crippen MR) is 80.5 cm³/mol. The Morgan fingerprint density at radius 2 is 1.89 bits per heavy atom. The van der Waals surface area contributed by atoms with E-state index < -0.39 is 0 Å². The van der Waals surface area contributed by atoms with Gasteiger partial charge < -0.3 is 15.0 Å². The predicted octanol–water partition coefficient (Wildman–Crippen LogP) is 2.66. The molecule has 1 saturated carbocycles. The molecule has 1 N–H and O–H groups in total. The molecule has 1 heterocycles. The zero-order valence-electron chi connectivity index (χ0n) is 12.9. The van der Waals surface area contributed by atoms with Gasteiger partial charge in [-0.25, -0.2) is 0 Å². The van der Waals surface area contributed by atoms with Crippen molar-refractivity contribution in [2.24, 2.45) is 5.41 Å². The molecule has 0 aromatic carbocycles. The lowest BCUT2D eigenvalue weighted by molar-refractivity contribution is 0.0112. The average molecular weight is 268 g/mol. The topological polar surface area (TPSA) is 24.5 Å². The Bertz CT molecular complexity index is 249. The third-order valence-electron chi connectivity index (χ3n) is 5.07. The van der Waals surface area contributed by atoms with Gasteiger partial charge in [0, 0.05) is 26.7 Å². The molecule has 0 radical (unpaired) electrons. The van der Waals surface area contributed by atoms with Crippen LogP contribution in [-0.4, -0.2) is 51.3 Å². The molecule has 1 aliphatic heterocycles. The Morgan fingerprint density at radius 1 is 1.16 bits per heavy atom. The van der Waals surface area contributed by atoms with Crippen molar-refractivity contribution in [3.63, 3.8) is 0 Å². The Morgan fingerprint density at radius 3 is 2.53 bits per heavy atom. The number of rotatable bonds is 5. The molecule has 0 spiro atoms. The fourth-order valence-corrected chi connectivity index (χ4v) is 4.07. The molecule has 1 aliphatic carbocycles. The van der Waals surface area contributed by atoms with Crippen LogP contribution in [0.3, 0.4) is 0 Å². The number of piperidine rings is 1. The molecule has 0 bridgehead atoms. The first-order valence-corrected chi connectivity index (χ1v) is 8.18. The summed E-state index contributed by atoms with van der Waals surface area (Å²) in [5, 5.41) is 3.46. The van der Waals surface area contributed by atoms with Crippen LogP contribution in [-0.2, 0) is 4.74 Å². The van der Waals surface area contributed by atoms with Crippen LogP contribution in [0.2, 0.25) is 0 Å². The average Bonchev–Trinajstić information content (AvgIpc) is 2.65. The molecule has 2 fully saturated rings. The highest BCUT2D eigenvalue weighted by molar-refractivity contribution is 4.88. The van der Waals surface area contributed by atoms with E-state index in [0.29, 0.717) is 11.5 Å². The van der Waals surface area contributed by atoms with E-state index in [1.54, 1.807) is 0 Å². The number of methoxy groups -OCH3 is 1. The third kappa shape index (κ3) is 4.44. The first-order chi connectivity index (χ1) is 9.28. The van der Waals surface area contributed by atoms with E-state index in [1.807, 2.05) is 7.11 Å². The van der Waals surface area contributed by atoms with Crippen LogP contribution in [0.25, 0.3) is 0 Å². The Hall–Kier alpha value is -0.120. The molecule has 0 aromatic heterocycles. The summed E-state index contributed by atoms with van der Waals surface area (Å²) in [7, 11) is 3.98. The molecule has 2 aliphatic rings. The highest BCUT2D eigenvalue weighted by Crippen LogP contribution is 2.36. The fourth-order valence-electron chi connectivity index (χ4n) is 4.07. The summed E-state index contributed by atoms with van der Waals surface area (Å²) in [4.78, 5) is 2.67. The van der Waals surface area contributed by atoms with Gasteiger partial charge in [0.15, 0.2) is 0 Å². The van der Waals surface area contributed by atoms with E-state index in [1.165, 1.54) is 71.0 Å². The summed E-state index contributed by atoms with van der Waals surface area (Å²) in [6.07, 6.45) is 11.5. The summed E-state index contributed by atoms with van der Waals surface area (Å²) >= 11 is 0. The van der Waals surface area contributed by atoms with Crippen molar-refractivity contribution < 1.29 is 4.74 Å². The molecule has 19 heavy (non-hydrogen) atoms. The van der Waals surface area contributed by atoms with Gasteiger partial charge in [-0.3, -0.25) is 0 Å². The van der Waals surface area contributed by atoms with Crippen molar-refractivity contribution in [2.75, 3.05) is 40.3 Å². The van der Waals surface area contributed by atoms with Crippen LogP contribution in [0.1, 0.15) is 51.4 Å². The molecule has 1 saturated heterocycles. The minimum atomic E-state index is 0.464. The largest absolute Gasteiger partial charge is 0.380 e. The first-order valence-electron chi connectivity index (χ1n) is 8.18. The standard InChI is InChI=1S/C16H32N2O/c1-17-13-16(9-5-3-4-6-10-16)14-18-11-7-8-15(12-18)19-2/h15,17H,3-14H2,1-2H3. The first kappa shape index (κ1) is 15.3. The molecular weight excluding hydrogens is 236 g/mol. The molecule has 0 aromatic rings. The molecule has 2 rings (SSSR count). The van der Waals surface area contributed by atoms with E-state index in [2.05, 4.69) is 17.3 Å². The molecule has 1 unspecified atom stereocenters. The van der Waals surface area contributed by atoms with Gasteiger partial charge in [0.25, 0.3) is 0 Å². The van der Waals surface area contributed by atoms with E-state index in [-0.39, 0.29) is 0 Å². The third-order valence-corrected chi connectivity index (χ3v) is 5.07. The van der Waals surface area contributed by atoms with Gasteiger partial charge in [0.05, 0.1) is 6.10 Å². The van der Waals surface area contributed by atoms with Gasteiger partial charge in [-0.2, -0.15) is 0 Å². The molecule has 112 valence electrons. The maximum Gasteiger partial charge on any atom is 0.0698 e. The van der Waals surface area contributed by atoms with Gasteiger partial charge in [0.2, 0.25) is 0 Å². The number of nitrogens with one attached hydrogen (secondary N) is 1. The van der Waals surface area contributed by atoms with E-state index >= 15 is 0 Å². The lowest BCUT2D eigenvalue weighted by Crippen LogP contribution is -2.48. The second kappa shape index (κ2) is 7.61. The summed E-state index contributed by atoms with van der Waals surface area (Å²) in [5.41, 5.74) is 0.515. The summed E-state index contributed by atoms with van der Waals surface area (Å²) in [5.74, 6) is 0. The van der Waals surface area contributed by atoms with Crippen molar-refractivity contribution in [1.82, 2.24) is 10.2 Å². The Balaban J connectivity index is 1.94. The van der Waals surface area contributed by atoms with Crippen molar-refractivity contribution in [2.45, 2.75) is 57.5 Å². The Labute approximate surface area is 119 Å². The van der Waals surface area contributed by atoms with E-state index in [9.17, 15) is 0 Å². The van der Waals surface area contributed by atoms with Gasteiger partial charge >= 0.3 is 0 Å². The van der Waals surface area contributed by atoms with E-state index in [0.717, 1.165) is 6.54 Å². The van der Waals surface area contributed by atoms with E-state index in [4.69, 9.17) is 4.74 Å². The van der Waals surface area contributed by atoms with Gasteiger partial charge in [-0.1, -0.05) is 25.7 Å². The minimum Gasteiger partial charge on any atom is -0.380 e. The van der Waals surface area contributed by atoms with Crippen LogP contribution in [0.5, 0.6) is 0 Å². The molecule has 1 atom stereocenters. The number of nitrogens with zero attached hydrogens (tertiary/aromatic N) is 1. The lowest BCUT2D eigenvalue weighted by atomic mass is 9.79. The number of hydrogen-bond acceptors (Lipinski definition) is 3. The van der Waals surface area contributed by atoms with Crippen LogP contribution in [0.15, 0.2) is 0 Å². The lowest BCUT2D eigenvalue weighted by Gasteiger charge is -2.41. The van der Waals surface area contributed by atoms with Crippen LogP contribution in [0.4, 0.5) is 0 Å². The maximum atomic E-state index is 5.57. The molecular formula is C16H32N2O. The highest BCUT2D eigenvalue weighted by atomic mass is 16.5. The zero-order chi connectivity index (χ0) is 13.6. The van der Waals surface area contributed by atoms with Crippen LogP contribution < -0.4 is 5.32 Å². The molecule has 3 nitrogen and oxygen atoms in total. The van der Waals surface area contributed by atoms with Crippen molar-refractivity contribution in [3.05, 3.63) is 0 Å². The quantitative estimate of drug-likeness (QED) is 0.776.